The van der Waals surface area contributed by atoms with Crippen LogP contribution in [0.15, 0.2) is 72.1 Å². The molecule has 0 aliphatic carbocycles. The van der Waals surface area contributed by atoms with Gasteiger partial charge in [0, 0.05) is 22.5 Å². The van der Waals surface area contributed by atoms with Gasteiger partial charge in [0.05, 0.1) is 18.0 Å². The Morgan fingerprint density at radius 2 is 1.87 bits per heavy atom. The van der Waals surface area contributed by atoms with Crippen LogP contribution >= 0.6 is 22.9 Å². The molecule has 0 saturated heterocycles. The normalized spacial score (nSPS) is 19.1. The predicted octanol–water partition coefficient (Wildman–Crippen LogP) is 5.63. The molecule has 31 heavy (non-hydrogen) atoms. The first-order chi connectivity index (χ1) is 15.0. The number of benzene rings is 2. The van der Waals surface area contributed by atoms with E-state index in [4.69, 9.17) is 11.6 Å². The Labute approximate surface area is 189 Å². The van der Waals surface area contributed by atoms with Gasteiger partial charge >= 0.3 is 5.97 Å². The van der Waals surface area contributed by atoms with Gasteiger partial charge in [-0.15, -0.1) is 11.3 Å². The summed E-state index contributed by atoms with van der Waals surface area (Å²) in [6.07, 6.45) is 4.35. The zero-order valence-electron chi connectivity index (χ0n) is 16.6. The van der Waals surface area contributed by atoms with Crippen molar-refractivity contribution in [3.8, 4) is 11.3 Å². The lowest BCUT2D eigenvalue weighted by Gasteiger charge is -2.31. The number of rotatable bonds is 5. The molecule has 1 aliphatic rings. The summed E-state index contributed by atoms with van der Waals surface area (Å²) in [5.41, 5.74) is 2.45. The highest BCUT2D eigenvalue weighted by atomic mass is 35.5. The summed E-state index contributed by atoms with van der Waals surface area (Å²) in [5, 5.41) is 12.5. The minimum atomic E-state index is -0.986. The molecule has 158 valence electrons. The highest BCUT2D eigenvalue weighted by molar-refractivity contribution is 7.14. The van der Waals surface area contributed by atoms with Gasteiger partial charge in [-0.05, 0) is 24.0 Å². The number of anilines is 1. The van der Waals surface area contributed by atoms with Gasteiger partial charge in [-0.3, -0.25) is 14.5 Å². The Morgan fingerprint density at radius 1 is 1.13 bits per heavy atom. The fourth-order valence-corrected chi connectivity index (χ4v) is 4.96. The predicted molar refractivity (Wildman–Crippen MR) is 124 cm³/mol. The second-order valence-electron chi connectivity index (χ2n) is 7.37. The van der Waals surface area contributed by atoms with E-state index >= 15 is 0 Å². The van der Waals surface area contributed by atoms with E-state index in [0.717, 1.165) is 11.1 Å². The van der Waals surface area contributed by atoms with E-state index in [1.807, 2.05) is 66.1 Å². The average Bonchev–Trinajstić information content (AvgIpc) is 3.24. The van der Waals surface area contributed by atoms with Crippen molar-refractivity contribution in [2.24, 2.45) is 5.92 Å². The number of thiazole rings is 1. The summed E-state index contributed by atoms with van der Waals surface area (Å²) in [5.74, 6) is -2.11. The maximum Gasteiger partial charge on any atom is 0.304 e. The quantitative estimate of drug-likeness (QED) is 0.509. The van der Waals surface area contributed by atoms with Crippen LogP contribution in [0.25, 0.3) is 11.3 Å². The number of hydrogen-bond acceptors (Lipinski definition) is 4. The molecule has 4 rings (SSSR count). The zero-order valence-corrected chi connectivity index (χ0v) is 18.2. The SMILES string of the molecule is O=C(O)CC1C(=O)N(c2nc(-c3ccccc3Cl)cs2)CC=CCC1c1ccccc1. The van der Waals surface area contributed by atoms with Gasteiger partial charge in [-0.25, -0.2) is 4.98 Å². The summed E-state index contributed by atoms with van der Waals surface area (Å²) in [6.45, 7) is 0.353. The fraction of sp³-hybridized carbons (Fsp3) is 0.208. The van der Waals surface area contributed by atoms with Crippen molar-refractivity contribution in [1.29, 1.82) is 0 Å². The number of amides is 1. The average molecular weight is 453 g/mol. The molecule has 2 atom stereocenters. The maximum atomic E-state index is 13.6. The second kappa shape index (κ2) is 9.45. The number of nitrogens with zero attached hydrogens (tertiary/aromatic N) is 2. The third-order valence-corrected chi connectivity index (χ3v) is 6.60. The van der Waals surface area contributed by atoms with Crippen LogP contribution in [0, 0.1) is 5.92 Å². The van der Waals surface area contributed by atoms with Gasteiger partial charge in [-0.2, -0.15) is 0 Å². The van der Waals surface area contributed by atoms with Gasteiger partial charge in [-0.1, -0.05) is 72.3 Å². The number of aromatic nitrogens is 1. The third-order valence-electron chi connectivity index (χ3n) is 5.41. The highest BCUT2D eigenvalue weighted by Gasteiger charge is 2.36. The first kappa shape index (κ1) is 21.3. The number of carboxylic acids is 1. The summed E-state index contributed by atoms with van der Waals surface area (Å²) >= 11 is 7.66. The standard InChI is InChI=1S/C24H21ClN2O3S/c25-20-12-5-4-11-18(20)21-15-31-24(26-21)27-13-7-6-10-17(16-8-2-1-3-9-16)19(23(27)30)14-22(28)29/h1-9,11-12,15,17,19H,10,13-14H2,(H,28,29). The molecule has 0 saturated carbocycles. The number of allylic oxidation sites excluding steroid dienone is 1. The monoisotopic (exact) mass is 452 g/mol. The van der Waals surface area contributed by atoms with Crippen molar-refractivity contribution < 1.29 is 14.7 Å². The van der Waals surface area contributed by atoms with Gasteiger partial charge in [0.1, 0.15) is 0 Å². The molecule has 3 aromatic rings. The van der Waals surface area contributed by atoms with Crippen molar-refractivity contribution in [3.63, 3.8) is 0 Å². The van der Waals surface area contributed by atoms with E-state index in [1.165, 1.54) is 11.3 Å². The topological polar surface area (TPSA) is 70.5 Å². The molecule has 0 spiro atoms. The Kier molecular flexibility index (Phi) is 6.49. The molecule has 1 N–H and O–H groups in total. The van der Waals surface area contributed by atoms with Crippen LogP contribution in [0.5, 0.6) is 0 Å². The molecule has 0 bridgehead atoms. The Bertz CT molecular complexity index is 1110. The Morgan fingerprint density at radius 3 is 2.61 bits per heavy atom. The van der Waals surface area contributed by atoms with E-state index in [2.05, 4.69) is 4.98 Å². The van der Waals surface area contributed by atoms with E-state index < -0.39 is 11.9 Å². The van der Waals surface area contributed by atoms with Crippen LogP contribution in [-0.2, 0) is 9.59 Å². The molecule has 2 unspecified atom stereocenters. The second-order valence-corrected chi connectivity index (χ2v) is 8.62. The largest absolute Gasteiger partial charge is 0.481 e. The number of hydrogen-bond donors (Lipinski definition) is 1. The van der Waals surface area contributed by atoms with Crippen LogP contribution in [0.4, 0.5) is 5.13 Å². The smallest absolute Gasteiger partial charge is 0.304 e. The third kappa shape index (κ3) is 4.70. The Balaban J connectivity index is 1.70. The lowest BCUT2D eigenvalue weighted by atomic mass is 9.80. The van der Waals surface area contributed by atoms with Crippen molar-refractivity contribution >= 4 is 39.9 Å². The van der Waals surface area contributed by atoms with Crippen molar-refractivity contribution in [2.75, 3.05) is 11.4 Å². The number of halogens is 1. The van der Waals surface area contributed by atoms with E-state index in [1.54, 1.807) is 11.0 Å². The lowest BCUT2D eigenvalue weighted by Crippen LogP contribution is -2.40. The van der Waals surface area contributed by atoms with Crippen molar-refractivity contribution in [1.82, 2.24) is 4.98 Å². The molecular formula is C24H21ClN2O3S. The molecular weight excluding hydrogens is 432 g/mol. The summed E-state index contributed by atoms with van der Waals surface area (Å²) < 4.78 is 0. The van der Waals surface area contributed by atoms with Gasteiger partial charge < -0.3 is 5.11 Å². The first-order valence-electron chi connectivity index (χ1n) is 9.98. The van der Waals surface area contributed by atoms with Gasteiger partial charge in [0.2, 0.25) is 5.91 Å². The molecule has 5 nitrogen and oxygen atoms in total. The number of carbonyl (C=O) groups excluding carboxylic acids is 1. The minimum Gasteiger partial charge on any atom is -0.481 e. The highest BCUT2D eigenvalue weighted by Crippen LogP contribution is 2.37. The summed E-state index contributed by atoms with van der Waals surface area (Å²) in [7, 11) is 0. The molecule has 1 aliphatic heterocycles. The van der Waals surface area contributed by atoms with Crippen LogP contribution < -0.4 is 4.90 Å². The zero-order chi connectivity index (χ0) is 21.8. The van der Waals surface area contributed by atoms with Gasteiger partial charge in [0.25, 0.3) is 0 Å². The van der Waals surface area contributed by atoms with E-state index in [0.29, 0.717) is 28.8 Å². The summed E-state index contributed by atoms with van der Waals surface area (Å²) in [4.78, 5) is 31.5. The minimum absolute atomic E-state index is 0.216. The summed E-state index contributed by atoms with van der Waals surface area (Å²) in [6, 6.07) is 17.1. The molecule has 2 aromatic carbocycles. The molecule has 1 aromatic heterocycles. The molecule has 2 heterocycles. The maximum absolute atomic E-state index is 13.6. The van der Waals surface area contributed by atoms with Crippen LogP contribution in [-0.4, -0.2) is 28.5 Å². The number of aliphatic carboxylic acids is 1. The molecule has 0 radical (unpaired) electrons. The fourth-order valence-electron chi connectivity index (χ4n) is 3.89. The van der Waals surface area contributed by atoms with Crippen molar-refractivity contribution in [3.05, 3.63) is 82.7 Å². The molecule has 7 heteroatoms. The van der Waals surface area contributed by atoms with Crippen LogP contribution in [0.2, 0.25) is 5.02 Å². The number of carbonyl (C=O) groups is 2. The van der Waals surface area contributed by atoms with Gasteiger partial charge in [0.15, 0.2) is 5.13 Å². The number of carboxylic acid groups (broad SMARTS) is 1. The van der Waals surface area contributed by atoms with Crippen molar-refractivity contribution in [2.45, 2.75) is 18.8 Å². The van der Waals surface area contributed by atoms with E-state index in [-0.39, 0.29) is 18.2 Å². The molecule has 1 amide bonds. The first-order valence-corrected chi connectivity index (χ1v) is 11.2. The van der Waals surface area contributed by atoms with Crippen LogP contribution in [0.1, 0.15) is 24.3 Å². The van der Waals surface area contributed by atoms with E-state index in [9.17, 15) is 14.7 Å². The van der Waals surface area contributed by atoms with Crippen LogP contribution in [0.3, 0.4) is 0 Å². The Hall–Kier alpha value is -2.96. The lowest BCUT2D eigenvalue weighted by molar-refractivity contribution is -0.141. The molecule has 0 fully saturated rings.